The van der Waals surface area contributed by atoms with Gasteiger partial charge in [-0.1, -0.05) is 13.8 Å². The maximum Gasteiger partial charge on any atom is 0.239 e. The average Bonchev–Trinajstić information content (AvgIpc) is 2.91. The molecule has 2 aromatic rings. The number of nitrogens with one attached hydrogen (secondary N) is 2. The van der Waals surface area contributed by atoms with Crippen molar-refractivity contribution in [2.45, 2.75) is 26.4 Å². The van der Waals surface area contributed by atoms with Crippen molar-refractivity contribution in [2.24, 2.45) is 11.7 Å². The van der Waals surface area contributed by atoms with Gasteiger partial charge in [0.1, 0.15) is 5.65 Å². The number of hydrogen-bond acceptors (Lipinski definition) is 4. The van der Waals surface area contributed by atoms with E-state index in [4.69, 9.17) is 5.73 Å². The van der Waals surface area contributed by atoms with Crippen molar-refractivity contribution in [3.05, 3.63) is 34.7 Å². The molecule has 0 radical (unpaired) electrons. The molecule has 7 nitrogen and oxygen atoms in total. The first kappa shape index (κ1) is 23.7. The number of pyridine rings is 1. The van der Waals surface area contributed by atoms with Gasteiger partial charge in [0.25, 0.3) is 0 Å². The molecule has 0 bridgehead atoms. The average molecular weight is 455 g/mol. The van der Waals surface area contributed by atoms with Crippen LogP contribution in [-0.2, 0) is 16.1 Å². The van der Waals surface area contributed by atoms with E-state index in [-0.39, 0.29) is 49.1 Å². The van der Waals surface area contributed by atoms with Crippen LogP contribution in [0.5, 0.6) is 0 Å². The number of carbonyl (C=O) groups is 2. The number of amides is 2. The quantitative estimate of drug-likeness (QED) is 0.617. The highest BCUT2D eigenvalue weighted by atomic mass is 79.9. The van der Waals surface area contributed by atoms with Gasteiger partial charge in [0.05, 0.1) is 24.8 Å². The van der Waals surface area contributed by atoms with Crippen molar-refractivity contribution in [1.29, 1.82) is 0 Å². The van der Waals surface area contributed by atoms with Crippen molar-refractivity contribution in [3.63, 3.8) is 0 Å². The Hall–Kier alpha value is -1.35. The topological polar surface area (TPSA) is 102 Å². The van der Waals surface area contributed by atoms with Gasteiger partial charge < -0.3 is 20.8 Å². The van der Waals surface area contributed by atoms with Crippen LogP contribution in [0.1, 0.15) is 19.5 Å². The summed E-state index contributed by atoms with van der Waals surface area (Å²) < 4.78 is 2.82. The largest absolute Gasteiger partial charge is 0.349 e. The van der Waals surface area contributed by atoms with Crippen LogP contribution < -0.4 is 16.4 Å². The van der Waals surface area contributed by atoms with Crippen LogP contribution in [0.3, 0.4) is 0 Å². The Kier molecular flexibility index (Phi) is 10.0. The van der Waals surface area contributed by atoms with Crippen molar-refractivity contribution in [3.8, 4) is 0 Å². The minimum absolute atomic E-state index is 0. The van der Waals surface area contributed by atoms with E-state index in [0.29, 0.717) is 6.54 Å². The van der Waals surface area contributed by atoms with E-state index in [0.717, 1.165) is 15.8 Å². The fourth-order valence-corrected chi connectivity index (χ4v) is 2.29. The van der Waals surface area contributed by atoms with Crippen LogP contribution in [0.4, 0.5) is 0 Å². The number of fused-ring (bicyclic) bond motifs is 1. The Morgan fingerprint density at radius 3 is 2.56 bits per heavy atom. The van der Waals surface area contributed by atoms with E-state index in [1.54, 1.807) is 0 Å². The molecule has 10 heteroatoms. The highest BCUT2D eigenvalue weighted by Crippen LogP contribution is 2.12. The van der Waals surface area contributed by atoms with E-state index in [1.807, 2.05) is 42.8 Å². The lowest BCUT2D eigenvalue weighted by Crippen LogP contribution is -2.47. The van der Waals surface area contributed by atoms with Crippen LogP contribution in [0, 0.1) is 5.92 Å². The van der Waals surface area contributed by atoms with Gasteiger partial charge in [-0.05, 0) is 34.0 Å². The standard InChI is InChI=1S/C15H20BrN5O2.2ClH/c1-9(2)14(17)15(23)19-6-13(22)18-5-11-8-21-7-10(16)3-4-12(21)20-11;;/h3-4,7-9,14H,5-6,17H2,1-2H3,(H,18,22)(H,19,23);2*1H/t14-;;/m0../s1. The van der Waals surface area contributed by atoms with E-state index >= 15 is 0 Å². The lowest BCUT2D eigenvalue weighted by Gasteiger charge is -2.14. The van der Waals surface area contributed by atoms with Crippen molar-refractivity contribution in [1.82, 2.24) is 20.0 Å². The summed E-state index contributed by atoms with van der Waals surface area (Å²) >= 11 is 3.39. The van der Waals surface area contributed by atoms with Gasteiger partial charge in [0.15, 0.2) is 0 Å². The summed E-state index contributed by atoms with van der Waals surface area (Å²) in [6.07, 6.45) is 3.73. The monoisotopic (exact) mass is 453 g/mol. The fraction of sp³-hybridized carbons (Fsp3) is 0.400. The molecule has 4 N–H and O–H groups in total. The van der Waals surface area contributed by atoms with Crippen LogP contribution in [0.15, 0.2) is 29.0 Å². The normalized spacial score (nSPS) is 11.4. The van der Waals surface area contributed by atoms with Crippen molar-refractivity contribution >= 4 is 58.2 Å². The number of aromatic nitrogens is 2. The molecular formula is C15H22BrCl2N5O2. The predicted octanol–water partition coefficient (Wildman–Crippen LogP) is 1.66. The van der Waals surface area contributed by atoms with E-state index in [1.165, 1.54) is 0 Å². The lowest BCUT2D eigenvalue weighted by molar-refractivity contribution is -0.127. The Morgan fingerprint density at radius 2 is 1.92 bits per heavy atom. The van der Waals surface area contributed by atoms with Crippen LogP contribution in [0.25, 0.3) is 5.65 Å². The second-order valence-electron chi connectivity index (χ2n) is 5.61. The third-order valence-corrected chi connectivity index (χ3v) is 3.84. The molecule has 1 atom stereocenters. The van der Waals surface area contributed by atoms with E-state index in [2.05, 4.69) is 31.5 Å². The molecule has 140 valence electrons. The maximum atomic E-state index is 11.8. The summed E-state index contributed by atoms with van der Waals surface area (Å²) in [4.78, 5) is 27.8. The lowest BCUT2D eigenvalue weighted by atomic mass is 10.1. The molecule has 0 saturated heterocycles. The summed E-state index contributed by atoms with van der Waals surface area (Å²) in [7, 11) is 0. The second-order valence-corrected chi connectivity index (χ2v) is 6.53. The zero-order valence-corrected chi connectivity index (χ0v) is 17.1. The molecule has 0 spiro atoms. The summed E-state index contributed by atoms with van der Waals surface area (Å²) in [6.45, 7) is 3.90. The molecule has 0 aliphatic carbocycles. The molecule has 2 aromatic heterocycles. The number of nitrogens with zero attached hydrogens (tertiary/aromatic N) is 2. The molecule has 0 aromatic carbocycles. The molecule has 0 saturated carbocycles. The Labute approximate surface area is 167 Å². The number of imidazole rings is 1. The minimum Gasteiger partial charge on any atom is -0.349 e. The molecule has 2 heterocycles. The van der Waals surface area contributed by atoms with E-state index < -0.39 is 6.04 Å². The number of halogens is 3. The van der Waals surface area contributed by atoms with Gasteiger partial charge >= 0.3 is 0 Å². The molecule has 0 aliphatic heterocycles. The third kappa shape index (κ3) is 6.81. The molecule has 2 amide bonds. The van der Waals surface area contributed by atoms with Gasteiger partial charge in [-0.2, -0.15) is 0 Å². The first-order valence-electron chi connectivity index (χ1n) is 7.30. The molecular weight excluding hydrogens is 433 g/mol. The molecule has 2 rings (SSSR count). The molecule has 25 heavy (non-hydrogen) atoms. The SMILES string of the molecule is CC(C)[C@H](N)C(=O)NCC(=O)NCc1cn2cc(Br)ccc2n1.Cl.Cl. The zero-order chi connectivity index (χ0) is 17.0. The van der Waals surface area contributed by atoms with Gasteiger partial charge in [0.2, 0.25) is 11.8 Å². The second kappa shape index (κ2) is 10.6. The van der Waals surface area contributed by atoms with Crippen molar-refractivity contribution in [2.75, 3.05) is 6.54 Å². The van der Waals surface area contributed by atoms with E-state index in [9.17, 15) is 9.59 Å². The predicted molar refractivity (Wildman–Crippen MR) is 105 cm³/mol. The minimum atomic E-state index is -0.611. The molecule has 0 aliphatic rings. The highest BCUT2D eigenvalue weighted by molar-refractivity contribution is 9.10. The Balaban J connectivity index is 0.00000288. The summed E-state index contributed by atoms with van der Waals surface area (Å²) in [5.41, 5.74) is 7.24. The highest BCUT2D eigenvalue weighted by Gasteiger charge is 2.17. The van der Waals surface area contributed by atoms with Crippen molar-refractivity contribution < 1.29 is 9.59 Å². The first-order valence-corrected chi connectivity index (χ1v) is 8.09. The van der Waals surface area contributed by atoms with Gasteiger partial charge in [-0.25, -0.2) is 4.98 Å². The summed E-state index contributed by atoms with van der Waals surface area (Å²) in [6, 6.07) is 3.17. The number of rotatable bonds is 6. The third-order valence-electron chi connectivity index (χ3n) is 3.38. The van der Waals surface area contributed by atoms with Crippen LogP contribution in [0.2, 0.25) is 0 Å². The van der Waals surface area contributed by atoms with Gasteiger partial charge in [-0.15, -0.1) is 24.8 Å². The van der Waals surface area contributed by atoms with Gasteiger partial charge in [0, 0.05) is 16.9 Å². The summed E-state index contributed by atoms with van der Waals surface area (Å²) in [5, 5.41) is 5.24. The molecule has 0 fully saturated rings. The van der Waals surface area contributed by atoms with Gasteiger partial charge in [-0.3, -0.25) is 9.59 Å². The van der Waals surface area contributed by atoms with Crippen LogP contribution in [-0.4, -0.2) is 33.8 Å². The number of carbonyl (C=O) groups excluding carboxylic acids is 2. The van der Waals surface area contributed by atoms with Crippen LogP contribution >= 0.6 is 40.7 Å². The molecule has 0 unspecified atom stereocenters. The number of hydrogen-bond donors (Lipinski definition) is 3. The summed E-state index contributed by atoms with van der Waals surface area (Å²) in [5.74, 6) is -0.587. The number of nitrogens with two attached hydrogens (primary N) is 1. The maximum absolute atomic E-state index is 11.8. The first-order chi connectivity index (χ1) is 10.9. The Bertz CT molecular complexity index is 723. The smallest absolute Gasteiger partial charge is 0.239 e. The zero-order valence-electron chi connectivity index (χ0n) is 13.9. The Morgan fingerprint density at radius 1 is 1.24 bits per heavy atom. The fourth-order valence-electron chi connectivity index (χ4n) is 1.94.